The first-order chi connectivity index (χ1) is 49.2. The van der Waals surface area contributed by atoms with Crippen LogP contribution in [0.3, 0.4) is 0 Å². The van der Waals surface area contributed by atoms with Crippen molar-refractivity contribution in [2.45, 2.75) is 307 Å². The summed E-state index contributed by atoms with van der Waals surface area (Å²) in [7, 11) is -12.9. The van der Waals surface area contributed by atoms with Crippen molar-refractivity contribution in [3.05, 3.63) is 12.7 Å². The van der Waals surface area contributed by atoms with Gasteiger partial charge in [0.1, 0.15) is 26.4 Å². The highest BCUT2D eigenvalue weighted by atomic mass is 28.5. The lowest BCUT2D eigenvalue weighted by Gasteiger charge is -2.47. The standard InChI is InChI=1S/C76H145N3O22Si6/c1-25-62(80)90-42-43-91-65(83)77-56-75(11)48-59(47-70(3,4)55-75)46-64(82)89-37-30-39-93-69(87)95-41-31-40-94-68(86)92-38-29-36-88-63(81)32-35-74(10)52-61(50-72(7,8)54-74)79-67(85)97-58-76(33-27-44-106(23,98-102(12)13)99-103(14,15)16,34-28-45-107(24,100-104(17,18)19)101-105(20,21)22)57-96-66(84)78-60-49-71(5,6)53-73(9,26-2)51-60/h25,59-61,102H,1,26-58H2,2-24H3,(H,77,83)(H,78,84)(H,79,85). The molecule has 3 aliphatic rings. The molecule has 0 aromatic heterocycles. The third-order valence-electron chi connectivity index (χ3n) is 19.7. The van der Waals surface area contributed by atoms with Crippen LogP contribution in [-0.2, 0) is 78.2 Å². The van der Waals surface area contributed by atoms with Gasteiger partial charge < -0.3 is 79.8 Å². The summed E-state index contributed by atoms with van der Waals surface area (Å²) in [6.45, 7) is 53.9. The Labute approximate surface area is 650 Å². The van der Waals surface area contributed by atoms with Gasteiger partial charge in [-0.05, 0) is 213 Å². The molecule has 0 heterocycles. The summed E-state index contributed by atoms with van der Waals surface area (Å²) in [5, 5.41) is 9.34. The molecular weight excluding hydrogens is 1480 g/mol. The summed E-state index contributed by atoms with van der Waals surface area (Å²) >= 11 is 0. The Hall–Kier alpha value is -4.36. The number of hydrogen-bond acceptors (Lipinski definition) is 22. The summed E-state index contributed by atoms with van der Waals surface area (Å²) in [4.78, 5) is 103. The second kappa shape index (κ2) is 43.0. The predicted octanol–water partition coefficient (Wildman–Crippen LogP) is 17.3. The monoisotopic (exact) mass is 1620 g/mol. The van der Waals surface area contributed by atoms with Crippen LogP contribution >= 0.6 is 0 Å². The van der Waals surface area contributed by atoms with Crippen molar-refractivity contribution in [2.75, 3.05) is 72.6 Å². The van der Waals surface area contributed by atoms with E-state index in [1.165, 1.54) is 0 Å². The molecule has 8 unspecified atom stereocenters. The van der Waals surface area contributed by atoms with Crippen LogP contribution in [0.25, 0.3) is 0 Å². The van der Waals surface area contributed by atoms with Crippen molar-refractivity contribution in [3.8, 4) is 0 Å². The van der Waals surface area contributed by atoms with Gasteiger partial charge in [-0.2, -0.15) is 0 Å². The van der Waals surface area contributed by atoms with Crippen molar-refractivity contribution < 1.29 is 102 Å². The lowest BCUT2D eigenvalue weighted by Crippen LogP contribution is -2.52. The number of carbonyl (C=O) groups is 8. The van der Waals surface area contributed by atoms with Crippen LogP contribution in [0.4, 0.5) is 24.0 Å². The lowest BCUT2D eigenvalue weighted by molar-refractivity contribution is -0.146. The number of nitrogens with one attached hydrogen (secondary N) is 3. The van der Waals surface area contributed by atoms with Gasteiger partial charge in [0.25, 0.3) is 0 Å². The molecule has 0 aliphatic heterocycles. The van der Waals surface area contributed by atoms with Gasteiger partial charge in [0.2, 0.25) is 0 Å². The molecule has 8 atom stereocenters. The summed E-state index contributed by atoms with van der Waals surface area (Å²) in [5.41, 5.74) is -1.55. The van der Waals surface area contributed by atoms with Crippen LogP contribution in [0.15, 0.2) is 12.7 Å². The number of hydrogen-bond donors (Lipinski definition) is 3. The molecule has 0 aromatic rings. The molecule has 3 aliphatic carbocycles. The van der Waals surface area contributed by atoms with Gasteiger partial charge in [-0.1, -0.05) is 95.1 Å². The fourth-order valence-electron chi connectivity index (χ4n) is 17.3. The van der Waals surface area contributed by atoms with E-state index in [-0.39, 0.29) is 161 Å². The molecule has 3 fully saturated rings. The lowest BCUT2D eigenvalue weighted by atomic mass is 9.60. The second-order valence-electron chi connectivity index (χ2n) is 38.0. The third kappa shape index (κ3) is 42.2. The Bertz CT molecular complexity index is 2820. The van der Waals surface area contributed by atoms with Crippen LogP contribution in [0.2, 0.25) is 97.2 Å². The average molecular weight is 1620 g/mol. The molecule has 3 amide bonds. The first-order valence-electron chi connectivity index (χ1n) is 39.5. The van der Waals surface area contributed by atoms with Crippen molar-refractivity contribution in [1.29, 1.82) is 0 Å². The molecule has 0 saturated heterocycles. The molecule has 107 heavy (non-hydrogen) atoms. The molecular formula is C76H145N3O22Si6. The van der Waals surface area contributed by atoms with Crippen LogP contribution in [-0.4, -0.2) is 184 Å². The molecule has 31 heteroatoms. The van der Waals surface area contributed by atoms with E-state index in [1.54, 1.807) is 0 Å². The molecule has 0 spiro atoms. The summed E-state index contributed by atoms with van der Waals surface area (Å²) in [6.07, 6.45) is 9.98. The van der Waals surface area contributed by atoms with E-state index in [4.69, 9.17) is 63.8 Å². The van der Waals surface area contributed by atoms with Gasteiger partial charge in [0.15, 0.2) is 34.0 Å². The quantitative estimate of drug-likeness (QED) is 0.0168. The number of esters is 3. The van der Waals surface area contributed by atoms with Gasteiger partial charge in [-0.15, -0.1) is 0 Å². The predicted molar refractivity (Wildman–Crippen MR) is 429 cm³/mol. The smallest absolute Gasteiger partial charge is 0.466 e. The van der Waals surface area contributed by atoms with Gasteiger partial charge in [-0.3, -0.25) is 9.59 Å². The molecule has 25 nitrogen and oxygen atoms in total. The van der Waals surface area contributed by atoms with E-state index in [0.717, 1.165) is 69.5 Å². The Morgan fingerprint density at radius 3 is 1.34 bits per heavy atom. The summed E-state index contributed by atoms with van der Waals surface area (Å²) in [5.74, 6) is -1.33. The topological polar surface area (TPSA) is 302 Å². The fourth-order valence-corrected chi connectivity index (χ4v) is 41.4. The number of ether oxygens (including phenoxy) is 10. The zero-order valence-corrected chi connectivity index (χ0v) is 76.6. The maximum Gasteiger partial charge on any atom is 0.508 e. The van der Waals surface area contributed by atoms with Crippen molar-refractivity contribution in [3.63, 3.8) is 0 Å². The minimum Gasteiger partial charge on any atom is -0.466 e. The SMILES string of the molecule is C=CC(=O)OCCOC(=O)NCC1(C)CC(CC(=O)OCCCOC(=O)OCCCOC(=O)OCCCOC(=O)CCC2(C)CC(NC(=O)OCC(CCC[Si](C)(O[SiH](C)C)O[Si](C)(C)C)(CCC[Si](C)(O[Si](C)(C)C)O[Si](C)(C)C)COC(=O)NC3CC(C)(C)CC(C)(CC)C3)CC(C)(C)C2)CC(C)(C)C1. The highest BCUT2D eigenvalue weighted by Crippen LogP contribution is 2.51. The normalized spacial score (nSPS) is 23.3. The maximum atomic E-state index is 14.5. The molecule has 0 radical (unpaired) electrons. The van der Waals surface area contributed by atoms with Crippen LogP contribution in [0.5, 0.6) is 0 Å². The van der Waals surface area contributed by atoms with E-state index < -0.39 is 93.1 Å². The van der Waals surface area contributed by atoms with Gasteiger partial charge >= 0.3 is 65.6 Å². The molecule has 3 rings (SSSR count). The van der Waals surface area contributed by atoms with E-state index in [1.807, 2.05) is 0 Å². The minimum atomic E-state index is -2.71. The van der Waals surface area contributed by atoms with Crippen molar-refractivity contribution in [2.24, 2.45) is 43.8 Å². The number of rotatable bonds is 46. The Morgan fingerprint density at radius 1 is 0.467 bits per heavy atom. The van der Waals surface area contributed by atoms with Crippen LogP contribution in [0, 0.1) is 43.8 Å². The van der Waals surface area contributed by atoms with E-state index >= 15 is 0 Å². The fraction of sp³-hybridized carbons (Fsp3) is 0.868. The second-order valence-corrected chi connectivity index (χ2v) is 61.7. The maximum absolute atomic E-state index is 14.5. The van der Waals surface area contributed by atoms with Crippen LogP contribution in [0.1, 0.15) is 198 Å². The van der Waals surface area contributed by atoms with Crippen LogP contribution < -0.4 is 16.0 Å². The van der Waals surface area contributed by atoms with E-state index in [0.29, 0.717) is 51.5 Å². The van der Waals surface area contributed by atoms with E-state index in [2.05, 4.69) is 177 Å². The highest BCUT2D eigenvalue weighted by Gasteiger charge is 2.47. The Morgan fingerprint density at radius 2 is 0.879 bits per heavy atom. The Balaban J connectivity index is 1.52. The zero-order chi connectivity index (χ0) is 81.0. The number of amides is 3. The largest absolute Gasteiger partial charge is 0.508 e. The molecule has 0 bridgehead atoms. The first-order valence-corrected chi connectivity index (χ1v) is 57.5. The molecule has 3 saturated carbocycles. The van der Waals surface area contributed by atoms with Crippen molar-refractivity contribution >= 4 is 99.6 Å². The Kier molecular flexibility index (Phi) is 39.0. The number of alkyl carbamates (subject to hydrolysis) is 3. The average Bonchev–Trinajstić information content (AvgIpc) is 0.774. The molecule has 620 valence electrons. The molecule has 0 aromatic carbocycles. The van der Waals surface area contributed by atoms with E-state index in [9.17, 15) is 38.4 Å². The number of carbonyl (C=O) groups excluding carboxylic acids is 8. The van der Waals surface area contributed by atoms with Gasteiger partial charge in [0.05, 0.1) is 39.6 Å². The summed E-state index contributed by atoms with van der Waals surface area (Å²) in [6, 6.07) is 1.17. The third-order valence-corrected chi connectivity index (χ3v) is 38.6. The molecule has 3 N–H and O–H groups in total. The highest BCUT2D eigenvalue weighted by molar-refractivity contribution is 6.87. The summed E-state index contributed by atoms with van der Waals surface area (Å²) < 4.78 is 82.0. The zero-order valence-electron chi connectivity index (χ0n) is 70.4. The minimum absolute atomic E-state index is 0.0106. The van der Waals surface area contributed by atoms with Gasteiger partial charge in [-0.25, -0.2) is 28.8 Å². The first kappa shape index (κ1) is 96.8. The van der Waals surface area contributed by atoms with Gasteiger partial charge in [0, 0.05) is 62.2 Å². The van der Waals surface area contributed by atoms with Crippen molar-refractivity contribution in [1.82, 2.24) is 16.0 Å².